The average molecular weight is 441 g/mol. The highest BCUT2D eigenvalue weighted by atomic mass is 35.5. The van der Waals surface area contributed by atoms with E-state index in [1.165, 1.54) is 22.7 Å². The minimum Gasteiger partial charge on any atom is -0.337 e. The van der Waals surface area contributed by atoms with Crippen molar-refractivity contribution in [3.05, 3.63) is 27.5 Å². The summed E-state index contributed by atoms with van der Waals surface area (Å²) in [6, 6.07) is 3.83. The van der Waals surface area contributed by atoms with Crippen LogP contribution in [0.25, 0.3) is 9.88 Å². The number of hydrogen-bond acceptors (Lipinski definition) is 5. The van der Waals surface area contributed by atoms with Crippen molar-refractivity contribution >= 4 is 65.0 Å². The highest BCUT2D eigenvalue weighted by Gasteiger charge is 2.32. The summed E-state index contributed by atoms with van der Waals surface area (Å²) in [4.78, 5) is 20.3. The Morgan fingerprint density at radius 1 is 1.20 bits per heavy atom. The molecule has 4 rings (SSSR count). The first-order valence-corrected chi connectivity index (χ1v) is 9.99. The molecule has 138 valence electrons. The van der Waals surface area contributed by atoms with Crippen LogP contribution in [-0.4, -0.2) is 42.0 Å². The van der Waals surface area contributed by atoms with Crippen LogP contribution in [-0.2, 0) is 0 Å². The van der Waals surface area contributed by atoms with Gasteiger partial charge in [-0.1, -0.05) is 11.6 Å². The van der Waals surface area contributed by atoms with Crippen molar-refractivity contribution < 1.29 is 4.79 Å². The van der Waals surface area contributed by atoms with Gasteiger partial charge in [0.25, 0.3) is 5.91 Å². The summed E-state index contributed by atoms with van der Waals surface area (Å²) < 4.78 is 0.746. The quantitative estimate of drug-likeness (QED) is 0.751. The zero-order valence-corrected chi connectivity index (χ0v) is 17.5. The molecular weight excluding hydrogens is 421 g/mol. The van der Waals surface area contributed by atoms with Crippen LogP contribution in [0, 0.1) is 11.8 Å². The lowest BCUT2D eigenvalue weighted by atomic mass is 9.92. The van der Waals surface area contributed by atoms with E-state index in [4.69, 9.17) is 11.6 Å². The molecule has 2 aliphatic rings. The Balaban J connectivity index is 0.00000113. The zero-order chi connectivity index (χ0) is 15.8. The van der Waals surface area contributed by atoms with Gasteiger partial charge in [-0.3, -0.25) is 4.79 Å². The van der Waals surface area contributed by atoms with Gasteiger partial charge in [0.2, 0.25) is 0 Å². The van der Waals surface area contributed by atoms with Crippen molar-refractivity contribution in [2.45, 2.75) is 12.8 Å². The predicted molar refractivity (Wildman–Crippen MR) is 110 cm³/mol. The number of hydrogen-bond donors (Lipinski definition) is 1. The third kappa shape index (κ3) is 4.49. The molecule has 1 amide bonds. The summed E-state index contributed by atoms with van der Waals surface area (Å²) in [5.74, 6) is 1.53. The predicted octanol–water partition coefficient (Wildman–Crippen LogP) is 4.44. The molecule has 0 saturated carbocycles. The number of nitrogens with zero attached hydrogens (tertiary/aromatic N) is 2. The number of aromatic nitrogens is 1. The Kier molecular flexibility index (Phi) is 7.55. The lowest BCUT2D eigenvalue weighted by molar-refractivity contribution is 0.0753. The van der Waals surface area contributed by atoms with Crippen LogP contribution in [0.15, 0.2) is 17.5 Å². The maximum atomic E-state index is 12.8. The third-order valence-electron chi connectivity index (χ3n) is 4.81. The van der Waals surface area contributed by atoms with Crippen LogP contribution >= 0.6 is 59.1 Å². The normalized spacial score (nSPS) is 22.5. The van der Waals surface area contributed by atoms with E-state index < -0.39 is 0 Å². The lowest BCUT2D eigenvalue weighted by Crippen LogP contribution is -2.33. The van der Waals surface area contributed by atoms with Gasteiger partial charge in [-0.15, -0.1) is 47.5 Å². The topological polar surface area (TPSA) is 45.2 Å². The van der Waals surface area contributed by atoms with Crippen LogP contribution in [0.2, 0.25) is 4.34 Å². The van der Waals surface area contributed by atoms with E-state index in [1.807, 2.05) is 22.4 Å². The summed E-state index contributed by atoms with van der Waals surface area (Å²) in [6.07, 6.45) is 2.20. The molecule has 2 saturated heterocycles. The lowest BCUT2D eigenvalue weighted by Gasteiger charge is -2.19. The summed E-state index contributed by atoms with van der Waals surface area (Å²) in [7, 11) is 0. The number of carbonyl (C=O) groups excluding carboxylic acids is 1. The fourth-order valence-electron chi connectivity index (χ4n) is 3.50. The van der Waals surface area contributed by atoms with E-state index in [1.54, 1.807) is 0 Å². The third-order valence-corrected chi connectivity index (χ3v) is 7.06. The Hall–Kier alpha value is -0.370. The number of likely N-dealkylation sites (tertiary alicyclic amines) is 1. The van der Waals surface area contributed by atoms with Gasteiger partial charge in [-0.2, -0.15) is 0 Å². The van der Waals surface area contributed by atoms with Gasteiger partial charge in [-0.25, -0.2) is 4.98 Å². The molecule has 0 unspecified atom stereocenters. The molecule has 4 heterocycles. The largest absolute Gasteiger partial charge is 0.337 e. The van der Waals surface area contributed by atoms with E-state index in [0.717, 1.165) is 65.1 Å². The molecule has 0 bridgehead atoms. The highest BCUT2D eigenvalue weighted by molar-refractivity contribution is 7.23. The van der Waals surface area contributed by atoms with Crippen LogP contribution in [0.3, 0.4) is 0 Å². The average Bonchev–Trinajstić information content (AvgIpc) is 3.26. The van der Waals surface area contributed by atoms with E-state index in [0.29, 0.717) is 5.69 Å². The molecule has 2 aliphatic heterocycles. The SMILES string of the molecule is Cl.Cl.O=C(c1csc(-c2ccc(Cl)s2)n1)N1CC[C@@H]2CNC[C@@H]2CC1. The molecular formula is C16H20Cl3N3OS2. The van der Waals surface area contributed by atoms with Crippen LogP contribution in [0.5, 0.6) is 0 Å². The smallest absolute Gasteiger partial charge is 0.273 e. The Labute approximate surface area is 172 Å². The fraction of sp³-hybridized carbons (Fsp3) is 0.500. The highest BCUT2D eigenvalue weighted by Crippen LogP contribution is 2.33. The maximum Gasteiger partial charge on any atom is 0.273 e. The molecule has 4 nitrogen and oxygen atoms in total. The summed E-state index contributed by atoms with van der Waals surface area (Å²) in [5, 5.41) is 6.22. The van der Waals surface area contributed by atoms with Crippen molar-refractivity contribution in [1.82, 2.24) is 15.2 Å². The van der Waals surface area contributed by atoms with E-state index >= 15 is 0 Å². The molecule has 2 aromatic rings. The summed E-state index contributed by atoms with van der Waals surface area (Å²) in [5.41, 5.74) is 0.569. The number of thiazole rings is 1. The molecule has 1 N–H and O–H groups in total. The maximum absolute atomic E-state index is 12.8. The van der Waals surface area contributed by atoms with Gasteiger partial charge in [0, 0.05) is 18.5 Å². The van der Waals surface area contributed by atoms with Crippen molar-refractivity contribution in [2.75, 3.05) is 26.2 Å². The van der Waals surface area contributed by atoms with Gasteiger partial charge in [0.15, 0.2) is 0 Å². The minimum atomic E-state index is 0. The molecule has 2 aromatic heterocycles. The van der Waals surface area contributed by atoms with Gasteiger partial charge in [-0.05, 0) is 49.9 Å². The van der Waals surface area contributed by atoms with Gasteiger partial charge in [0.05, 0.1) is 9.21 Å². The molecule has 0 aromatic carbocycles. The number of amides is 1. The molecule has 0 spiro atoms. The van der Waals surface area contributed by atoms with E-state index in [2.05, 4.69) is 10.3 Å². The van der Waals surface area contributed by atoms with Gasteiger partial charge < -0.3 is 10.2 Å². The second-order valence-corrected chi connectivity index (χ2v) is 8.76. The molecule has 0 radical (unpaired) electrons. The monoisotopic (exact) mass is 439 g/mol. The zero-order valence-electron chi connectivity index (χ0n) is 13.4. The second kappa shape index (κ2) is 9.02. The Morgan fingerprint density at radius 3 is 2.48 bits per heavy atom. The number of carbonyl (C=O) groups is 1. The first-order valence-electron chi connectivity index (χ1n) is 7.92. The van der Waals surface area contributed by atoms with Crippen molar-refractivity contribution in [1.29, 1.82) is 0 Å². The van der Waals surface area contributed by atoms with Crippen LogP contribution < -0.4 is 5.32 Å². The van der Waals surface area contributed by atoms with E-state index in [9.17, 15) is 4.79 Å². The summed E-state index contributed by atoms with van der Waals surface area (Å²) >= 11 is 8.99. The number of rotatable bonds is 2. The number of fused-ring (bicyclic) bond motifs is 1. The number of thiophene rings is 1. The van der Waals surface area contributed by atoms with Crippen molar-refractivity contribution in [3.63, 3.8) is 0 Å². The Morgan fingerprint density at radius 2 is 1.88 bits per heavy atom. The van der Waals surface area contributed by atoms with Crippen LogP contribution in [0.1, 0.15) is 23.3 Å². The fourth-order valence-corrected chi connectivity index (χ4v) is 5.41. The van der Waals surface area contributed by atoms with Crippen molar-refractivity contribution in [2.24, 2.45) is 11.8 Å². The number of nitrogens with one attached hydrogen (secondary N) is 1. The Bertz CT molecular complexity index is 707. The molecule has 9 heteroatoms. The number of halogens is 3. The first-order chi connectivity index (χ1) is 11.2. The van der Waals surface area contributed by atoms with E-state index in [-0.39, 0.29) is 30.7 Å². The van der Waals surface area contributed by atoms with Crippen LogP contribution in [0.4, 0.5) is 0 Å². The molecule has 0 aliphatic carbocycles. The molecule has 2 fully saturated rings. The van der Waals surface area contributed by atoms with Gasteiger partial charge in [0.1, 0.15) is 10.7 Å². The molecule has 2 atom stereocenters. The second-order valence-electron chi connectivity index (χ2n) is 6.19. The van der Waals surface area contributed by atoms with Crippen molar-refractivity contribution in [3.8, 4) is 9.88 Å². The standard InChI is InChI=1S/C16H18ClN3OS2.2ClH/c17-14-2-1-13(23-14)15-19-12(9-22-15)16(21)20-5-3-10-7-18-8-11(10)4-6-20;;/h1-2,9-11,18H,3-8H2;2*1H/t10-,11+;;. The summed E-state index contributed by atoms with van der Waals surface area (Å²) in [6.45, 7) is 3.90. The minimum absolute atomic E-state index is 0. The first kappa shape index (κ1) is 20.9. The molecule has 25 heavy (non-hydrogen) atoms. The van der Waals surface area contributed by atoms with Gasteiger partial charge >= 0.3 is 0 Å².